The largest absolute Gasteiger partial charge is 0.335 e. The van der Waals surface area contributed by atoms with E-state index < -0.39 is 6.04 Å². The molecule has 1 atom stereocenters. The van der Waals surface area contributed by atoms with E-state index in [4.69, 9.17) is 0 Å². The van der Waals surface area contributed by atoms with Crippen LogP contribution in [0.2, 0.25) is 0 Å². The summed E-state index contributed by atoms with van der Waals surface area (Å²) in [7, 11) is 0. The average molecular weight is 347 g/mol. The summed E-state index contributed by atoms with van der Waals surface area (Å²) in [6.45, 7) is 5.26. The average Bonchev–Trinajstić information content (AvgIpc) is 2.67. The normalized spacial score (nSPS) is 17.1. The highest BCUT2D eigenvalue weighted by Gasteiger charge is 2.35. The molecule has 132 valence electrons. The van der Waals surface area contributed by atoms with E-state index in [1.54, 1.807) is 41.0 Å². The van der Waals surface area contributed by atoms with Crippen LogP contribution in [0.25, 0.3) is 0 Å². The van der Waals surface area contributed by atoms with Crippen molar-refractivity contribution >= 4 is 11.8 Å². The first-order chi connectivity index (χ1) is 12.5. The summed E-state index contributed by atoms with van der Waals surface area (Å²) >= 11 is 0. The highest BCUT2D eigenvalue weighted by atomic mass is 16.2. The molecule has 2 amide bonds. The first kappa shape index (κ1) is 17.7. The van der Waals surface area contributed by atoms with Crippen LogP contribution in [0.1, 0.15) is 34.0 Å². The third-order valence-electron chi connectivity index (χ3n) is 4.78. The fraction of sp³-hybridized carbons (Fsp3) is 0.286. The van der Waals surface area contributed by atoms with Gasteiger partial charge < -0.3 is 9.80 Å². The Bertz CT molecular complexity index is 868. The van der Waals surface area contributed by atoms with Crippen molar-refractivity contribution in [2.24, 2.45) is 0 Å². The molecule has 0 radical (unpaired) electrons. The minimum absolute atomic E-state index is 0.0698. The van der Waals surface area contributed by atoms with Crippen LogP contribution in [0.5, 0.6) is 0 Å². The molecule has 5 nitrogen and oxygen atoms in total. The number of aryl methyl sites for hydroxylation is 1. The topological polar surface area (TPSA) is 64.4 Å². The van der Waals surface area contributed by atoms with Gasteiger partial charge in [0.1, 0.15) is 6.04 Å². The molecule has 1 aliphatic heterocycles. The van der Waals surface area contributed by atoms with Gasteiger partial charge in [0.2, 0.25) is 5.91 Å². The third kappa shape index (κ3) is 3.45. The summed E-state index contributed by atoms with van der Waals surface area (Å²) in [5, 5.41) is 9.21. The highest BCUT2D eigenvalue weighted by molar-refractivity contribution is 5.99. The molecule has 0 bridgehead atoms. The number of hydrogen-bond acceptors (Lipinski definition) is 3. The number of hydrogen-bond donors (Lipinski definition) is 0. The minimum Gasteiger partial charge on any atom is -0.335 e. The zero-order chi connectivity index (χ0) is 18.7. The van der Waals surface area contributed by atoms with Crippen LogP contribution in [-0.2, 0) is 11.3 Å². The first-order valence-electron chi connectivity index (χ1n) is 8.65. The summed E-state index contributed by atoms with van der Waals surface area (Å²) in [4.78, 5) is 29.0. The Kier molecular flexibility index (Phi) is 5.04. The predicted molar refractivity (Wildman–Crippen MR) is 98.3 cm³/mol. The number of nitrogens with zero attached hydrogens (tertiary/aromatic N) is 3. The van der Waals surface area contributed by atoms with Gasteiger partial charge in [-0.15, -0.1) is 0 Å². The van der Waals surface area contributed by atoms with Gasteiger partial charge in [-0.05, 0) is 31.5 Å². The van der Waals surface area contributed by atoms with Gasteiger partial charge in [0, 0.05) is 19.6 Å². The molecule has 1 aliphatic rings. The SMILES string of the molecule is Cc1ccc(CN2CCN(C(=O)c3ccccc3C#N)C(C)C2=O)cc1. The molecule has 0 spiro atoms. The predicted octanol–water partition coefficient (Wildman–Crippen LogP) is 2.74. The summed E-state index contributed by atoms with van der Waals surface area (Å²) in [6.07, 6.45) is 0. The second-order valence-corrected chi connectivity index (χ2v) is 6.58. The standard InChI is InChI=1S/C21H21N3O2/c1-15-7-9-17(10-8-15)14-23-11-12-24(16(2)20(23)25)21(26)19-6-4-3-5-18(19)13-22/h3-10,16H,11-12,14H2,1-2H3. The maximum Gasteiger partial charge on any atom is 0.255 e. The third-order valence-corrected chi connectivity index (χ3v) is 4.78. The van der Waals surface area contributed by atoms with Gasteiger partial charge in [0.25, 0.3) is 5.91 Å². The number of benzene rings is 2. The van der Waals surface area contributed by atoms with Crippen molar-refractivity contribution in [3.63, 3.8) is 0 Å². The molecule has 3 rings (SSSR count). The Balaban J connectivity index is 1.74. The molecule has 0 N–H and O–H groups in total. The molecule has 2 aromatic carbocycles. The number of carbonyl (C=O) groups excluding carboxylic acids is 2. The maximum atomic E-state index is 12.8. The molecule has 2 aromatic rings. The van der Waals surface area contributed by atoms with Crippen LogP contribution in [0, 0.1) is 18.3 Å². The number of piperazine rings is 1. The molecule has 0 aliphatic carbocycles. The van der Waals surface area contributed by atoms with Crippen LogP contribution in [0.15, 0.2) is 48.5 Å². The minimum atomic E-state index is -0.548. The Hall–Kier alpha value is -3.13. The quantitative estimate of drug-likeness (QED) is 0.857. The van der Waals surface area contributed by atoms with Gasteiger partial charge in [-0.25, -0.2) is 0 Å². The lowest BCUT2D eigenvalue weighted by Gasteiger charge is -2.39. The van der Waals surface area contributed by atoms with E-state index in [0.29, 0.717) is 30.8 Å². The van der Waals surface area contributed by atoms with E-state index in [-0.39, 0.29) is 11.8 Å². The van der Waals surface area contributed by atoms with Crippen LogP contribution >= 0.6 is 0 Å². The zero-order valence-corrected chi connectivity index (χ0v) is 15.0. The molecular formula is C21H21N3O2. The Morgan fingerprint density at radius 3 is 2.54 bits per heavy atom. The Morgan fingerprint density at radius 2 is 1.85 bits per heavy atom. The van der Waals surface area contributed by atoms with E-state index in [0.717, 1.165) is 5.56 Å². The molecule has 0 aromatic heterocycles. The molecule has 5 heteroatoms. The zero-order valence-electron chi connectivity index (χ0n) is 15.0. The molecule has 1 fully saturated rings. The van der Waals surface area contributed by atoms with Crippen LogP contribution < -0.4 is 0 Å². The Morgan fingerprint density at radius 1 is 1.15 bits per heavy atom. The van der Waals surface area contributed by atoms with Crippen molar-refractivity contribution in [1.82, 2.24) is 9.80 Å². The second-order valence-electron chi connectivity index (χ2n) is 6.58. The highest BCUT2D eigenvalue weighted by Crippen LogP contribution is 2.19. The lowest BCUT2D eigenvalue weighted by Crippen LogP contribution is -2.57. The van der Waals surface area contributed by atoms with Crippen molar-refractivity contribution in [3.05, 3.63) is 70.8 Å². The van der Waals surface area contributed by atoms with E-state index >= 15 is 0 Å². The van der Waals surface area contributed by atoms with Crippen molar-refractivity contribution in [2.45, 2.75) is 26.4 Å². The summed E-state index contributed by atoms with van der Waals surface area (Å²) in [5.74, 6) is -0.336. The van der Waals surface area contributed by atoms with Crippen molar-refractivity contribution < 1.29 is 9.59 Å². The molecule has 0 saturated carbocycles. The fourth-order valence-electron chi connectivity index (χ4n) is 3.20. The van der Waals surface area contributed by atoms with Gasteiger partial charge in [0.05, 0.1) is 17.2 Å². The summed E-state index contributed by atoms with van der Waals surface area (Å²) in [6, 6.07) is 16.3. The molecule has 1 unspecified atom stereocenters. The van der Waals surface area contributed by atoms with Crippen molar-refractivity contribution in [2.75, 3.05) is 13.1 Å². The maximum absolute atomic E-state index is 12.8. The van der Waals surface area contributed by atoms with E-state index in [9.17, 15) is 14.9 Å². The van der Waals surface area contributed by atoms with Gasteiger partial charge in [-0.2, -0.15) is 5.26 Å². The number of nitriles is 1. The van der Waals surface area contributed by atoms with Crippen LogP contribution in [-0.4, -0.2) is 40.7 Å². The van der Waals surface area contributed by atoms with E-state index in [1.807, 2.05) is 37.3 Å². The Labute approximate surface area is 153 Å². The molecule has 1 saturated heterocycles. The second kappa shape index (κ2) is 7.40. The fourth-order valence-corrected chi connectivity index (χ4v) is 3.20. The van der Waals surface area contributed by atoms with Gasteiger partial charge in [-0.3, -0.25) is 9.59 Å². The summed E-state index contributed by atoms with van der Waals surface area (Å²) < 4.78 is 0. The molecular weight excluding hydrogens is 326 g/mol. The lowest BCUT2D eigenvalue weighted by atomic mass is 10.0. The monoisotopic (exact) mass is 347 g/mol. The van der Waals surface area contributed by atoms with Crippen molar-refractivity contribution in [1.29, 1.82) is 5.26 Å². The lowest BCUT2D eigenvalue weighted by molar-refractivity contribution is -0.140. The van der Waals surface area contributed by atoms with Gasteiger partial charge in [-0.1, -0.05) is 42.0 Å². The van der Waals surface area contributed by atoms with E-state index in [1.165, 1.54) is 5.56 Å². The van der Waals surface area contributed by atoms with Crippen LogP contribution in [0.4, 0.5) is 0 Å². The van der Waals surface area contributed by atoms with Gasteiger partial charge in [0.15, 0.2) is 0 Å². The first-order valence-corrected chi connectivity index (χ1v) is 8.65. The number of rotatable bonds is 3. The van der Waals surface area contributed by atoms with Crippen LogP contribution in [0.3, 0.4) is 0 Å². The molecule has 1 heterocycles. The summed E-state index contributed by atoms with van der Waals surface area (Å²) in [5.41, 5.74) is 2.94. The number of amides is 2. The van der Waals surface area contributed by atoms with Gasteiger partial charge >= 0.3 is 0 Å². The number of carbonyl (C=O) groups is 2. The van der Waals surface area contributed by atoms with E-state index in [2.05, 4.69) is 0 Å². The smallest absolute Gasteiger partial charge is 0.255 e. The van der Waals surface area contributed by atoms with Crippen molar-refractivity contribution in [3.8, 4) is 6.07 Å². The molecule has 26 heavy (non-hydrogen) atoms.